The number of rotatable bonds is 6. The Morgan fingerprint density at radius 2 is 1.73 bits per heavy atom. The van der Waals surface area contributed by atoms with Crippen LogP contribution in [-0.4, -0.2) is 55.5 Å². The summed E-state index contributed by atoms with van der Waals surface area (Å²) in [4.78, 5) is 17.0. The third-order valence-corrected chi connectivity index (χ3v) is 5.53. The van der Waals surface area contributed by atoms with E-state index in [1.54, 1.807) is 13.2 Å². The maximum atomic E-state index is 13.6. The summed E-state index contributed by atoms with van der Waals surface area (Å²) < 4.78 is 18.9. The first-order valence-electron chi connectivity index (χ1n) is 10.2. The van der Waals surface area contributed by atoms with Crippen LogP contribution in [0.4, 0.5) is 10.1 Å². The third kappa shape index (κ3) is 4.78. The Bertz CT molecular complexity index is 1030. The Kier molecular flexibility index (Phi) is 6.26. The van der Waals surface area contributed by atoms with E-state index in [0.29, 0.717) is 18.8 Å². The molecule has 1 saturated heterocycles. The van der Waals surface area contributed by atoms with Crippen molar-refractivity contribution >= 4 is 22.4 Å². The van der Waals surface area contributed by atoms with Gasteiger partial charge in [-0.3, -0.25) is 14.6 Å². The summed E-state index contributed by atoms with van der Waals surface area (Å²) >= 11 is 0. The van der Waals surface area contributed by atoms with Crippen LogP contribution in [0.15, 0.2) is 60.7 Å². The minimum Gasteiger partial charge on any atom is -0.496 e. The number of hydrogen-bond acceptors (Lipinski definition) is 4. The lowest BCUT2D eigenvalue weighted by Gasteiger charge is -2.34. The molecule has 0 unspecified atom stereocenters. The number of ether oxygens (including phenoxy) is 1. The number of fused-ring (bicyclic) bond motifs is 1. The molecule has 0 atom stereocenters. The normalized spacial score (nSPS) is 15.3. The Morgan fingerprint density at radius 3 is 2.53 bits per heavy atom. The maximum absolute atomic E-state index is 13.6. The number of hydrogen-bond donors (Lipinski definition) is 1. The van der Waals surface area contributed by atoms with Crippen LogP contribution in [0.3, 0.4) is 0 Å². The van der Waals surface area contributed by atoms with E-state index < -0.39 is 0 Å². The van der Waals surface area contributed by atoms with Crippen molar-refractivity contribution in [2.24, 2.45) is 0 Å². The summed E-state index contributed by atoms with van der Waals surface area (Å²) in [6.07, 6.45) is 0. The first-order valence-corrected chi connectivity index (χ1v) is 10.2. The largest absolute Gasteiger partial charge is 0.496 e. The number of halogens is 1. The van der Waals surface area contributed by atoms with Gasteiger partial charge < -0.3 is 10.1 Å². The highest BCUT2D eigenvalue weighted by Gasteiger charge is 2.20. The maximum Gasteiger partial charge on any atom is 0.238 e. The quantitative estimate of drug-likeness (QED) is 0.676. The van der Waals surface area contributed by atoms with Gasteiger partial charge in [0, 0.05) is 49.4 Å². The van der Waals surface area contributed by atoms with Gasteiger partial charge in [-0.25, -0.2) is 4.39 Å². The molecule has 1 fully saturated rings. The number of nitrogens with one attached hydrogen (secondary N) is 1. The third-order valence-electron chi connectivity index (χ3n) is 5.53. The second kappa shape index (κ2) is 9.24. The molecule has 30 heavy (non-hydrogen) atoms. The van der Waals surface area contributed by atoms with Crippen molar-refractivity contribution in [1.82, 2.24) is 9.80 Å². The van der Waals surface area contributed by atoms with Crippen molar-refractivity contribution in [2.75, 3.05) is 45.2 Å². The van der Waals surface area contributed by atoms with Gasteiger partial charge in [-0.1, -0.05) is 36.4 Å². The molecule has 1 amide bonds. The van der Waals surface area contributed by atoms with Crippen LogP contribution in [0.2, 0.25) is 0 Å². The molecule has 0 aliphatic carbocycles. The zero-order valence-electron chi connectivity index (χ0n) is 17.1. The Hall–Kier alpha value is -2.96. The van der Waals surface area contributed by atoms with Crippen molar-refractivity contribution in [3.05, 3.63) is 72.0 Å². The van der Waals surface area contributed by atoms with Crippen LogP contribution in [0, 0.1) is 5.82 Å². The summed E-state index contributed by atoms with van der Waals surface area (Å²) in [6, 6.07) is 18.6. The van der Waals surface area contributed by atoms with E-state index in [0.717, 1.165) is 48.2 Å². The van der Waals surface area contributed by atoms with Crippen LogP contribution in [0.25, 0.3) is 10.8 Å². The molecule has 0 saturated carbocycles. The number of carbonyl (C=O) groups is 1. The van der Waals surface area contributed by atoms with Crippen LogP contribution in [0.1, 0.15) is 5.56 Å². The molecule has 156 valence electrons. The topological polar surface area (TPSA) is 44.8 Å². The van der Waals surface area contributed by atoms with E-state index in [4.69, 9.17) is 4.74 Å². The predicted molar refractivity (Wildman–Crippen MR) is 117 cm³/mol. The number of amides is 1. The molecule has 6 heteroatoms. The molecular weight excluding hydrogens is 381 g/mol. The number of nitrogens with zero attached hydrogens (tertiary/aromatic N) is 2. The summed E-state index contributed by atoms with van der Waals surface area (Å²) in [6.45, 7) is 4.22. The van der Waals surface area contributed by atoms with E-state index >= 15 is 0 Å². The van der Waals surface area contributed by atoms with Crippen molar-refractivity contribution in [1.29, 1.82) is 0 Å². The van der Waals surface area contributed by atoms with Gasteiger partial charge in [-0.2, -0.15) is 0 Å². The summed E-state index contributed by atoms with van der Waals surface area (Å²) in [5.41, 5.74) is 1.69. The first-order chi connectivity index (χ1) is 14.6. The average molecular weight is 407 g/mol. The Balaban J connectivity index is 1.30. The predicted octanol–water partition coefficient (Wildman–Crippen LogP) is 3.74. The van der Waals surface area contributed by atoms with Gasteiger partial charge in [0.15, 0.2) is 0 Å². The minimum absolute atomic E-state index is 0.00778. The molecule has 3 aromatic rings. The lowest BCUT2D eigenvalue weighted by Crippen LogP contribution is -2.48. The number of anilines is 1. The second-order valence-corrected chi connectivity index (χ2v) is 7.58. The number of carbonyl (C=O) groups excluding carboxylic acids is 1. The van der Waals surface area contributed by atoms with Crippen LogP contribution in [-0.2, 0) is 11.3 Å². The molecule has 0 radical (unpaired) electrons. The molecule has 0 aromatic heterocycles. The molecule has 4 rings (SSSR count). The molecule has 1 heterocycles. The lowest BCUT2D eigenvalue weighted by atomic mass is 10.1. The summed E-state index contributed by atoms with van der Waals surface area (Å²) in [7, 11) is 1.60. The van der Waals surface area contributed by atoms with Crippen molar-refractivity contribution in [3.63, 3.8) is 0 Å². The summed E-state index contributed by atoms with van der Waals surface area (Å²) in [5.74, 6) is 0.439. The fourth-order valence-electron chi connectivity index (χ4n) is 3.94. The van der Waals surface area contributed by atoms with Gasteiger partial charge >= 0.3 is 0 Å². The first kappa shape index (κ1) is 20.3. The van der Waals surface area contributed by atoms with Crippen molar-refractivity contribution in [3.8, 4) is 5.75 Å². The van der Waals surface area contributed by atoms with E-state index in [-0.39, 0.29) is 11.7 Å². The van der Waals surface area contributed by atoms with Crippen LogP contribution >= 0.6 is 0 Å². The molecule has 1 aliphatic rings. The Morgan fingerprint density at radius 1 is 1.00 bits per heavy atom. The lowest BCUT2D eigenvalue weighted by molar-refractivity contribution is -0.117. The highest BCUT2D eigenvalue weighted by molar-refractivity contribution is 6.02. The highest BCUT2D eigenvalue weighted by atomic mass is 19.1. The van der Waals surface area contributed by atoms with Crippen molar-refractivity contribution in [2.45, 2.75) is 6.54 Å². The van der Waals surface area contributed by atoms with Crippen LogP contribution in [0.5, 0.6) is 5.75 Å². The smallest absolute Gasteiger partial charge is 0.238 e. The minimum atomic E-state index is -0.255. The van der Waals surface area contributed by atoms with Gasteiger partial charge in [-0.05, 0) is 29.7 Å². The number of benzene rings is 3. The monoisotopic (exact) mass is 407 g/mol. The van der Waals surface area contributed by atoms with E-state index in [2.05, 4.69) is 15.1 Å². The van der Waals surface area contributed by atoms with Crippen LogP contribution < -0.4 is 10.1 Å². The van der Waals surface area contributed by atoms with Gasteiger partial charge in [0.1, 0.15) is 11.6 Å². The van der Waals surface area contributed by atoms with Gasteiger partial charge in [0.25, 0.3) is 0 Å². The number of methoxy groups -OCH3 is 1. The van der Waals surface area contributed by atoms with E-state index in [1.165, 1.54) is 12.1 Å². The van der Waals surface area contributed by atoms with Crippen molar-refractivity contribution < 1.29 is 13.9 Å². The number of piperazine rings is 1. The zero-order chi connectivity index (χ0) is 20.9. The SMILES string of the molecule is COc1ccc(F)cc1CN1CCN(CC(=O)Nc2cccc3ccccc23)CC1. The van der Waals surface area contributed by atoms with Gasteiger partial charge in [0.2, 0.25) is 5.91 Å². The standard InChI is InChI=1S/C24H26FN3O2/c1-30-23-10-9-20(25)15-19(23)16-27-11-13-28(14-12-27)17-24(29)26-22-8-4-6-18-5-2-3-7-21(18)22/h2-10,15H,11-14,16-17H2,1H3,(H,26,29). The van der Waals surface area contributed by atoms with E-state index in [1.807, 2.05) is 42.5 Å². The second-order valence-electron chi connectivity index (χ2n) is 7.58. The zero-order valence-corrected chi connectivity index (χ0v) is 17.1. The molecule has 0 spiro atoms. The molecule has 0 bridgehead atoms. The average Bonchev–Trinajstić information content (AvgIpc) is 2.75. The fourth-order valence-corrected chi connectivity index (χ4v) is 3.94. The van der Waals surface area contributed by atoms with Gasteiger partial charge in [0.05, 0.1) is 13.7 Å². The fraction of sp³-hybridized carbons (Fsp3) is 0.292. The van der Waals surface area contributed by atoms with Gasteiger partial charge in [-0.15, -0.1) is 0 Å². The molecule has 1 N–H and O–H groups in total. The molecule has 3 aromatic carbocycles. The molecular formula is C24H26FN3O2. The highest BCUT2D eigenvalue weighted by Crippen LogP contribution is 2.23. The summed E-state index contributed by atoms with van der Waals surface area (Å²) in [5, 5.41) is 5.20. The molecule has 1 aliphatic heterocycles. The van der Waals surface area contributed by atoms with E-state index in [9.17, 15) is 9.18 Å². The Labute approximate surface area is 176 Å². The molecule has 5 nitrogen and oxygen atoms in total.